The van der Waals surface area contributed by atoms with E-state index in [2.05, 4.69) is 140 Å². The van der Waals surface area contributed by atoms with Gasteiger partial charge in [-0.05, 0) is 29.3 Å². The molecule has 47 heavy (non-hydrogen) atoms. The molecule has 0 radical (unpaired) electrons. The van der Waals surface area contributed by atoms with Crippen LogP contribution in [-0.4, -0.2) is 15.0 Å². The van der Waals surface area contributed by atoms with E-state index in [9.17, 15) is 0 Å². The minimum atomic E-state index is 0.676. The maximum atomic E-state index is 5.33. The fraction of sp³-hybridized carbons (Fsp3) is 0. The van der Waals surface area contributed by atoms with Crippen molar-refractivity contribution in [1.29, 1.82) is 0 Å². The molecule has 0 amide bonds. The molecule has 0 spiro atoms. The summed E-state index contributed by atoms with van der Waals surface area (Å²) in [4.78, 5) is 15.6. The van der Waals surface area contributed by atoms with Crippen molar-refractivity contribution in [3.05, 3.63) is 164 Å². The highest BCUT2D eigenvalue weighted by Gasteiger charge is 2.18. The number of fused-ring (bicyclic) bond motifs is 5. The van der Waals surface area contributed by atoms with Gasteiger partial charge in [0.05, 0.1) is 22.6 Å². The Kier molecular flexibility index (Phi) is 6.65. The molecule has 0 saturated carbocycles. The third-order valence-electron chi connectivity index (χ3n) is 8.70. The maximum absolute atomic E-state index is 5.33. The van der Waals surface area contributed by atoms with Gasteiger partial charge in [0.1, 0.15) is 0 Å². The van der Waals surface area contributed by atoms with Gasteiger partial charge in [-0.15, -0.1) is 11.3 Å². The van der Waals surface area contributed by atoms with Crippen LogP contribution in [0.15, 0.2) is 164 Å². The van der Waals surface area contributed by atoms with Crippen LogP contribution in [-0.2, 0) is 0 Å². The Morgan fingerprint density at radius 3 is 1.62 bits per heavy atom. The van der Waals surface area contributed by atoms with Crippen LogP contribution in [0.1, 0.15) is 0 Å². The molecule has 4 heteroatoms. The molecule has 0 atom stereocenters. The van der Waals surface area contributed by atoms with Crippen molar-refractivity contribution in [2.75, 3.05) is 0 Å². The standard InChI is InChI=1S/C43H27N3S/c1-4-12-28(13-5-1)29-20-22-31(23-21-29)37-27-36(30-14-6-2-7-15-30)45-43(46-37)33-24-25-34-38(26-33)44-41(32-16-8-3-9-17-32)40-35-18-10-11-19-39(35)47-42(34)40/h1-27H. The van der Waals surface area contributed by atoms with Crippen LogP contribution in [0.3, 0.4) is 0 Å². The molecule has 3 heterocycles. The fourth-order valence-electron chi connectivity index (χ4n) is 6.35. The minimum absolute atomic E-state index is 0.676. The second kappa shape index (κ2) is 11.4. The van der Waals surface area contributed by atoms with Crippen molar-refractivity contribution in [2.24, 2.45) is 0 Å². The third-order valence-corrected chi connectivity index (χ3v) is 9.90. The smallest absolute Gasteiger partial charge is 0.160 e. The summed E-state index contributed by atoms with van der Waals surface area (Å²) in [5.74, 6) is 0.676. The number of rotatable bonds is 5. The lowest BCUT2D eigenvalue weighted by Gasteiger charge is -2.12. The molecule has 6 aromatic carbocycles. The van der Waals surface area contributed by atoms with Crippen molar-refractivity contribution < 1.29 is 0 Å². The van der Waals surface area contributed by atoms with Crippen LogP contribution in [0.25, 0.3) is 87.4 Å². The van der Waals surface area contributed by atoms with Gasteiger partial charge in [-0.1, -0.05) is 146 Å². The fourth-order valence-corrected chi connectivity index (χ4v) is 7.59. The Balaban J connectivity index is 1.23. The number of hydrogen-bond acceptors (Lipinski definition) is 4. The van der Waals surface area contributed by atoms with Gasteiger partial charge in [-0.3, -0.25) is 0 Å². The van der Waals surface area contributed by atoms with Crippen LogP contribution >= 0.6 is 11.3 Å². The second-order valence-corrected chi connectivity index (χ2v) is 12.7. The Labute approximate surface area is 276 Å². The van der Waals surface area contributed by atoms with E-state index in [0.29, 0.717) is 5.82 Å². The van der Waals surface area contributed by atoms with Crippen LogP contribution in [0, 0.1) is 0 Å². The molecule has 9 aromatic rings. The van der Waals surface area contributed by atoms with E-state index in [1.165, 1.54) is 31.3 Å². The Morgan fingerprint density at radius 2 is 0.915 bits per heavy atom. The van der Waals surface area contributed by atoms with Crippen molar-refractivity contribution in [2.45, 2.75) is 0 Å². The van der Waals surface area contributed by atoms with Crippen molar-refractivity contribution >= 4 is 42.4 Å². The monoisotopic (exact) mass is 617 g/mol. The maximum Gasteiger partial charge on any atom is 0.160 e. The van der Waals surface area contributed by atoms with E-state index in [1.807, 2.05) is 35.6 Å². The predicted octanol–water partition coefficient (Wildman–Crippen LogP) is 11.7. The number of nitrogens with zero attached hydrogens (tertiary/aromatic N) is 3. The average Bonchev–Trinajstić information content (AvgIpc) is 3.55. The summed E-state index contributed by atoms with van der Waals surface area (Å²) < 4.78 is 2.51. The molecular weight excluding hydrogens is 591 g/mol. The summed E-state index contributed by atoms with van der Waals surface area (Å²) in [6.07, 6.45) is 0. The van der Waals surface area contributed by atoms with E-state index in [0.717, 1.165) is 50.2 Å². The number of pyridine rings is 1. The summed E-state index contributed by atoms with van der Waals surface area (Å²) in [5, 5.41) is 3.59. The molecule has 0 aliphatic heterocycles. The summed E-state index contributed by atoms with van der Waals surface area (Å²) in [7, 11) is 0. The highest BCUT2D eigenvalue weighted by Crippen LogP contribution is 2.43. The van der Waals surface area contributed by atoms with Crippen LogP contribution in [0.5, 0.6) is 0 Å². The molecule has 0 aliphatic carbocycles. The molecular formula is C43H27N3S. The molecule has 220 valence electrons. The van der Waals surface area contributed by atoms with Gasteiger partial charge >= 0.3 is 0 Å². The Hall–Kier alpha value is -5.97. The summed E-state index contributed by atoms with van der Waals surface area (Å²) in [5.41, 5.74) is 10.2. The molecule has 0 bridgehead atoms. The normalized spacial score (nSPS) is 11.4. The first kappa shape index (κ1) is 27.3. The Morgan fingerprint density at radius 1 is 0.383 bits per heavy atom. The van der Waals surface area contributed by atoms with E-state index >= 15 is 0 Å². The molecule has 0 saturated heterocycles. The quantitative estimate of drug-likeness (QED) is 0.193. The Bertz CT molecular complexity index is 2540. The zero-order chi connectivity index (χ0) is 31.2. The zero-order valence-electron chi connectivity index (χ0n) is 25.3. The number of aromatic nitrogens is 3. The van der Waals surface area contributed by atoms with Gasteiger partial charge in [-0.25, -0.2) is 15.0 Å². The minimum Gasteiger partial charge on any atom is -0.247 e. The SMILES string of the molecule is c1ccc(-c2ccc(-c3cc(-c4ccccc4)nc(-c4ccc5c(c4)nc(-c4ccccc4)c4c6ccccc6sc54)n3)cc2)cc1. The van der Waals surface area contributed by atoms with E-state index < -0.39 is 0 Å². The first-order valence-electron chi connectivity index (χ1n) is 15.7. The summed E-state index contributed by atoms with van der Waals surface area (Å²) in [6.45, 7) is 0. The van der Waals surface area contributed by atoms with Crippen LogP contribution in [0.4, 0.5) is 0 Å². The van der Waals surface area contributed by atoms with Gasteiger partial charge in [0.15, 0.2) is 5.82 Å². The number of benzene rings is 6. The zero-order valence-corrected chi connectivity index (χ0v) is 26.2. The van der Waals surface area contributed by atoms with Crippen molar-refractivity contribution in [3.63, 3.8) is 0 Å². The molecule has 3 nitrogen and oxygen atoms in total. The van der Waals surface area contributed by atoms with Crippen molar-refractivity contribution in [3.8, 4) is 56.3 Å². The van der Waals surface area contributed by atoms with Gasteiger partial charge in [0.2, 0.25) is 0 Å². The first-order chi connectivity index (χ1) is 23.3. The highest BCUT2D eigenvalue weighted by atomic mass is 32.1. The van der Waals surface area contributed by atoms with E-state index in [1.54, 1.807) is 0 Å². The van der Waals surface area contributed by atoms with Gasteiger partial charge in [0, 0.05) is 47.8 Å². The van der Waals surface area contributed by atoms with Gasteiger partial charge < -0.3 is 0 Å². The lowest BCUT2D eigenvalue weighted by Crippen LogP contribution is -1.96. The van der Waals surface area contributed by atoms with Crippen molar-refractivity contribution in [1.82, 2.24) is 15.0 Å². The molecule has 0 fully saturated rings. The predicted molar refractivity (Wildman–Crippen MR) is 197 cm³/mol. The lowest BCUT2D eigenvalue weighted by molar-refractivity contribution is 1.18. The summed E-state index contributed by atoms with van der Waals surface area (Å²) in [6, 6.07) is 57.1. The third kappa shape index (κ3) is 4.96. The second-order valence-electron chi connectivity index (χ2n) is 11.6. The number of thiophene rings is 1. The average molecular weight is 618 g/mol. The topological polar surface area (TPSA) is 38.7 Å². The lowest BCUT2D eigenvalue weighted by atomic mass is 10.0. The van der Waals surface area contributed by atoms with Gasteiger partial charge in [0.25, 0.3) is 0 Å². The largest absolute Gasteiger partial charge is 0.247 e. The molecule has 0 unspecified atom stereocenters. The van der Waals surface area contributed by atoms with E-state index in [-0.39, 0.29) is 0 Å². The molecule has 0 aliphatic rings. The molecule has 0 N–H and O–H groups in total. The van der Waals surface area contributed by atoms with Crippen LogP contribution in [0.2, 0.25) is 0 Å². The molecule has 9 rings (SSSR count). The highest BCUT2D eigenvalue weighted by molar-refractivity contribution is 7.26. The first-order valence-corrected chi connectivity index (χ1v) is 16.5. The molecule has 3 aromatic heterocycles. The van der Waals surface area contributed by atoms with Crippen LogP contribution < -0.4 is 0 Å². The van der Waals surface area contributed by atoms with E-state index in [4.69, 9.17) is 15.0 Å². The van der Waals surface area contributed by atoms with Gasteiger partial charge in [-0.2, -0.15) is 0 Å². The number of hydrogen-bond donors (Lipinski definition) is 0. The summed E-state index contributed by atoms with van der Waals surface area (Å²) >= 11 is 1.83.